The van der Waals surface area contributed by atoms with E-state index in [-0.39, 0.29) is 6.61 Å². The molecule has 0 aliphatic carbocycles. The van der Waals surface area contributed by atoms with Gasteiger partial charge in [0, 0.05) is 16.1 Å². The fraction of sp³-hybridized carbons (Fsp3) is 0.167. The molecule has 6 nitrogen and oxygen atoms in total. The zero-order valence-electron chi connectivity index (χ0n) is 13.5. The molecular weight excluding hydrogens is 342 g/mol. The Hall–Kier alpha value is -2.86. The topological polar surface area (TPSA) is 79.8 Å². The van der Waals surface area contributed by atoms with Gasteiger partial charge in [-0.05, 0) is 25.1 Å². The highest BCUT2D eigenvalue weighted by molar-refractivity contribution is 6.30. The van der Waals surface area contributed by atoms with Gasteiger partial charge in [0.25, 0.3) is 5.91 Å². The molecule has 3 rings (SSSR count). The van der Waals surface area contributed by atoms with Crippen LogP contribution in [-0.2, 0) is 9.53 Å². The molecule has 1 aliphatic heterocycles. The molecule has 1 heterocycles. The van der Waals surface area contributed by atoms with Crippen LogP contribution in [0.2, 0.25) is 5.02 Å². The smallest absolute Gasteiger partial charge is 0.409 e. The molecule has 0 saturated heterocycles. The number of anilines is 1. The maximum atomic E-state index is 12.4. The maximum Gasteiger partial charge on any atom is 0.409 e. The normalized spacial score (nSPS) is 16.2. The number of fused-ring (bicyclic) bond motifs is 1. The van der Waals surface area contributed by atoms with Crippen LogP contribution in [0, 0.1) is 0 Å². The Morgan fingerprint density at radius 2 is 1.96 bits per heavy atom. The molecule has 0 spiro atoms. The van der Waals surface area contributed by atoms with Crippen LogP contribution in [-0.4, -0.2) is 30.5 Å². The molecule has 0 saturated carbocycles. The fourth-order valence-electron chi connectivity index (χ4n) is 2.48. The van der Waals surface area contributed by atoms with Gasteiger partial charge in [-0.2, -0.15) is 0 Å². The first-order valence-corrected chi connectivity index (χ1v) is 8.13. The first kappa shape index (κ1) is 17.0. The van der Waals surface area contributed by atoms with Crippen LogP contribution in [0.5, 0.6) is 0 Å². The molecule has 0 fully saturated rings. The third-order valence-electron chi connectivity index (χ3n) is 3.59. The van der Waals surface area contributed by atoms with E-state index in [0.717, 1.165) is 11.1 Å². The number of hydrogen-bond acceptors (Lipinski definition) is 4. The van der Waals surface area contributed by atoms with Crippen LogP contribution in [0.3, 0.4) is 0 Å². The Morgan fingerprint density at radius 3 is 2.68 bits per heavy atom. The van der Waals surface area contributed by atoms with E-state index in [9.17, 15) is 9.59 Å². The van der Waals surface area contributed by atoms with Crippen molar-refractivity contribution in [2.75, 3.05) is 11.9 Å². The Labute approximate surface area is 149 Å². The lowest BCUT2D eigenvalue weighted by Crippen LogP contribution is -2.42. The number of carbonyl (C=O) groups is 2. The van der Waals surface area contributed by atoms with Crippen molar-refractivity contribution in [3.8, 4) is 0 Å². The summed E-state index contributed by atoms with van der Waals surface area (Å²) >= 11 is 5.96. The van der Waals surface area contributed by atoms with E-state index in [1.54, 1.807) is 25.1 Å². The van der Waals surface area contributed by atoms with E-state index in [2.05, 4.69) is 15.6 Å². The number of halogens is 1. The van der Waals surface area contributed by atoms with Gasteiger partial charge in [0.15, 0.2) is 0 Å². The number of nitrogens with zero attached hydrogens (tertiary/aromatic N) is 1. The van der Waals surface area contributed by atoms with Crippen LogP contribution >= 0.6 is 11.6 Å². The minimum Gasteiger partial charge on any atom is -0.450 e. The molecule has 1 atom stereocenters. The van der Waals surface area contributed by atoms with Crippen molar-refractivity contribution >= 4 is 35.0 Å². The highest BCUT2D eigenvalue weighted by Crippen LogP contribution is 2.24. The number of ether oxygens (including phenoxy) is 1. The average molecular weight is 358 g/mol. The molecule has 0 radical (unpaired) electrons. The summed E-state index contributed by atoms with van der Waals surface area (Å²) in [6, 6.07) is 14.4. The summed E-state index contributed by atoms with van der Waals surface area (Å²) in [5, 5.41) is 5.85. The van der Waals surface area contributed by atoms with E-state index in [4.69, 9.17) is 16.3 Å². The van der Waals surface area contributed by atoms with Crippen molar-refractivity contribution in [1.29, 1.82) is 0 Å². The highest BCUT2D eigenvalue weighted by Gasteiger charge is 2.27. The van der Waals surface area contributed by atoms with Crippen molar-refractivity contribution in [3.05, 3.63) is 64.7 Å². The summed E-state index contributed by atoms with van der Waals surface area (Å²) in [7, 11) is 0. The monoisotopic (exact) mass is 357 g/mol. The van der Waals surface area contributed by atoms with Gasteiger partial charge < -0.3 is 10.1 Å². The van der Waals surface area contributed by atoms with Gasteiger partial charge in [0.1, 0.15) is 0 Å². The van der Waals surface area contributed by atoms with Crippen molar-refractivity contribution in [3.63, 3.8) is 0 Å². The summed E-state index contributed by atoms with van der Waals surface area (Å²) in [6.07, 6.45) is -1.80. The van der Waals surface area contributed by atoms with Crippen LogP contribution in [0.1, 0.15) is 18.1 Å². The van der Waals surface area contributed by atoms with Gasteiger partial charge in [-0.25, -0.2) is 9.79 Å². The number of hydrogen-bond donors (Lipinski definition) is 2. The van der Waals surface area contributed by atoms with E-state index in [1.807, 2.05) is 30.3 Å². The van der Waals surface area contributed by atoms with Crippen molar-refractivity contribution < 1.29 is 14.3 Å². The van der Waals surface area contributed by atoms with Crippen LogP contribution in [0.15, 0.2) is 53.5 Å². The van der Waals surface area contributed by atoms with Crippen LogP contribution in [0.4, 0.5) is 10.5 Å². The van der Waals surface area contributed by atoms with Crippen LogP contribution in [0.25, 0.3) is 0 Å². The highest BCUT2D eigenvalue weighted by atomic mass is 35.5. The summed E-state index contributed by atoms with van der Waals surface area (Å²) in [5.74, 6) is -0.440. The lowest BCUT2D eigenvalue weighted by atomic mass is 10.0. The van der Waals surface area contributed by atoms with Crippen LogP contribution < -0.4 is 10.6 Å². The van der Waals surface area contributed by atoms with E-state index >= 15 is 0 Å². The first-order chi connectivity index (χ1) is 12.1. The molecule has 0 aromatic heterocycles. The first-order valence-electron chi connectivity index (χ1n) is 7.76. The zero-order valence-corrected chi connectivity index (χ0v) is 14.2. The lowest BCUT2D eigenvalue weighted by Gasteiger charge is -2.12. The molecule has 0 bridgehead atoms. The second-order valence-corrected chi connectivity index (χ2v) is 5.72. The fourth-order valence-corrected chi connectivity index (χ4v) is 2.60. The standard InChI is InChI=1S/C18H16ClN3O3/c1-2-25-18(24)22-16-17(23)20-14-6-4-3-5-13(14)15(21-16)11-7-9-12(19)10-8-11/h3-10,16H,2H2,1H3,(H,20,23)(H,22,24). The Kier molecular flexibility index (Phi) is 5.00. The molecule has 25 heavy (non-hydrogen) atoms. The molecule has 128 valence electrons. The molecule has 2 aromatic carbocycles. The number of carbonyl (C=O) groups excluding carboxylic acids is 2. The second kappa shape index (κ2) is 7.36. The minimum atomic E-state index is -1.10. The number of nitrogens with one attached hydrogen (secondary N) is 2. The third-order valence-corrected chi connectivity index (χ3v) is 3.85. The number of amides is 2. The molecule has 2 aromatic rings. The SMILES string of the molecule is CCOC(=O)NC1N=C(c2ccc(Cl)cc2)c2ccccc2NC1=O. The molecular formula is C18H16ClN3O3. The third kappa shape index (κ3) is 3.80. The number of benzene rings is 2. The van der Waals surface area contributed by atoms with Gasteiger partial charge in [-0.3, -0.25) is 10.1 Å². The average Bonchev–Trinajstić information content (AvgIpc) is 2.73. The molecule has 1 unspecified atom stereocenters. The predicted molar refractivity (Wildman–Crippen MR) is 96.1 cm³/mol. The quantitative estimate of drug-likeness (QED) is 0.885. The second-order valence-electron chi connectivity index (χ2n) is 5.29. The van der Waals surface area contributed by atoms with Gasteiger partial charge in [-0.1, -0.05) is 41.9 Å². The number of aliphatic imine (C=N–C) groups is 1. The molecule has 2 amide bonds. The molecule has 7 heteroatoms. The van der Waals surface area contributed by atoms with E-state index in [1.165, 1.54) is 0 Å². The van der Waals surface area contributed by atoms with Gasteiger partial charge in [0.05, 0.1) is 18.0 Å². The van der Waals surface area contributed by atoms with Crippen molar-refractivity contribution in [2.45, 2.75) is 13.1 Å². The minimum absolute atomic E-state index is 0.203. The molecule has 2 N–H and O–H groups in total. The van der Waals surface area contributed by atoms with Gasteiger partial charge in [0.2, 0.25) is 6.17 Å². The maximum absolute atomic E-state index is 12.4. The summed E-state index contributed by atoms with van der Waals surface area (Å²) in [5.41, 5.74) is 2.73. The van der Waals surface area contributed by atoms with E-state index < -0.39 is 18.2 Å². The Bertz CT molecular complexity index is 834. The Balaban J connectivity index is 2.06. The lowest BCUT2D eigenvalue weighted by molar-refractivity contribution is -0.117. The number of para-hydroxylation sites is 1. The molecule has 1 aliphatic rings. The summed E-state index contributed by atoms with van der Waals surface area (Å²) < 4.78 is 4.85. The van der Waals surface area contributed by atoms with E-state index in [0.29, 0.717) is 16.4 Å². The number of alkyl carbamates (subject to hydrolysis) is 1. The van der Waals surface area contributed by atoms with Gasteiger partial charge >= 0.3 is 6.09 Å². The summed E-state index contributed by atoms with van der Waals surface area (Å²) in [6.45, 7) is 1.89. The Morgan fingerprint density at radius 1 is 1.24 bits per heavy atom. The van der Waals surface area contributed by atoms with Gasteiger partial charge in [-0.15, -0.1) is 0 Å². The predicted octanol–water partition coefficient (Wildman–Crippen LogP) is 3.20. The zero-order chi connectivity index (χ0) is 17.8. The largest absolute Gasteiger partial charge is 0.450 e. The number of rotatable bonds is 3. The summed E-state index contributed by atoms with van der Waals surface area (Å²) in [4.78, 5) is 28.6. The number of benzodiazepines with no additional fused rings is 1. The van der Waals surface area contributed by atoms with Crippen molar-refractivity contribution in [2.24, 2.45) is 4.99 Å². The van der Waals surface area contributed by atoms with Crippen molar-refractivity contribution in [1.82, 2.24) is 5.32 Å².